The van der Waals surface area contributed by atoms with Crippen molar-refractivity contribution in [3.63, 3.8) is 0 Å². The molecule has 0 spiro atoms. The number of nitrogens with one attached hydrogen (secondary N) is 1. The van der Waals surface area contributed by atoms with Crippen LogP contribution >= 0.6 is 15.9 Å². The Kier molecular flexibility index (Phi) is 7.32. The number of ether oxygens (including phenoxy) is 1. The van der Waals surface area contributed by atoms with Crippen molar-refractivity contribution in [2.45, 2.75) is 32.7 Å². The Labute approximate surface area is 118 Å². The highest BCUT2D eigenvalue weighted by Gasteiger charge is 2.09. The standard InChI is InChI=1S/C14H22BrNO2/c1-3-7-16-11(2)13-6-5-12(10-14(13)15)18-9-4-8-17/h5-6,10-11,16-17H,3-4,7-9H2,1-2H3. The second-order valence-electron chi connectivity index (χ2n) is 4.28. The van der Waals surface area contributed by atoms with Gasteiger partial charge in [0.25, 0.3) is 0 Å². The molecule has 0 saturated heterocycles. The fraction of sp³-hybridized carbons (Fsp3) is 0.571. The zero-order valence-corrected chi connectivity index (χ0v) is 12.7. The SMILES string of the molecule is CCCNC(C)c1ccc(OCCCO)cc1Br. The molecule has 2 N–H and O–H groups in total. The van der Waals surface area contributed by atoms with Crippen molar-refractivity contribution in [3.05, 3.63) is 28.2 Å². The monoisotopic (exact) mass is 315 g/mol. The minimum Gasteiger partial charge on any atom is -0.493 e. The number of aliphatic hydroxyl groups is 1. The Morgan fingerprint density at radius 1 is 1.44 bits per heavy atom. The van der Waals surface area contributed by atoms with Gasteiger partial charge in [-0.3, -0.25) is 0 Å². The molecular weight excluding hydrogens is 294 g/mol. The number of benzene rings is 1. The van der Waals surface area contributed by atoms with Crippen molar-refractivity contribution in [1.29, 1.82) is 0 Å². The lowest BCUT2D eigenvalue weighted by molar-refractivity contribution is 0.233. The number of hydrogen-bond donors (Lipinski definition) is 2. The number of halogens is 1. The Balaban J connectivity index is 2.61. The number of aliphatic hydroxyl groups excluding tert-OH is 1. The molecule has 0 saturated carbocycles. The minimum absolute atomic E-state index is 0.164. The maximum absolute atomic E-state index is 8.70. The van der Waals surface area contributed by atoms with Crippen LogP contribution in [-0.2, 0) is 0 Å². The number of hydrogen-bond acceptors (Lipinski definition) is 3. The van der Waals surface area contributed by atoms with E-state index in [1.807, 2.05) is 12.1 Å². The first-order valence-electron chi connectivity index (χ1n) is 6.45. The molecule has 1 aromatic rings. The summed E-state index contributed by atoms with van der Waals surface area (Å²) < 4.78 is 6.59. The summed E-state index contributed by atoms with van der Waals surface area (Å²) >= 11 is 3.58. The van der Waals surface area contributed by atoms with E-state index < -0.39 is 0 Å². The minimum atomic E-state index is 0.164. The van der Waals surface area contributed by atoms with Crippen LogP contribution in [0, 0.1) is 0 Å². The van der Waals surface area contributed by atoms with Crippen molar-refractivity contribution in [2.75, 3.05) is 19.8 Å². The lowest BCUT2D eigenvalue weighted by atomic mass is 10.1. The quantitative estimate of drug-likeness (QED) is 0.723. The van der Waals surface area contributed by atoms with E-state index in [4.69, 9.17) is 9.84 Å². The van der Waals surface area contributed by atoms with Gasteiger partial charge in [-0.05, 0) is 37.6 Å². The highest BCUT2D eigenvalue weighted by Crippen LogP contribution is 2.27. The van der Waals surface area contributed by atoms with Gasteiger partial charge < -0.3 is 15.2 Å². The van der Waals surface area contributed by atoms with Crippen LogP contribution in [0.4, 0.5) is 0 Å². The topological polar surface area (TPSA) is 41.5 Å². The summed E-state index contributed by atoms with van der Waals surface area (Å²) in [6, 6.07) is 6.36. The van der Waals surface area contributed by atoms with Crippen LogP contribution in [0.15, 0.2) is 22.7 Å². The summed E-state index contributed by atoms with van der Waals surface area (Å²) in [5.74, 6) is 0.835. The van der Waals surface area contributed by atoms with Gasteiger partial charge in [0.05, 0.1) is 6.61 Å². The maximum Gasteiger partial charge on any atom is 0.120 e. The Bertz CT molecular complexity index is 358. The second kappa shape index (κ2) is 8.51. The first kappa shape index (κ1) is 15.5. The van der Waals surface area contributed by atoms with E-state index in [-0.39, 0.29) is 6.61 Å². The van der Waals surface area contributed by atoms with Crippen LogP contribution in [0.3, 0.4) is 0 Å². The molecule has 1 atom stereocenters. The molecule has 0 aliphatic heterocycles. The zero-order valence-electron chi connectivity index (χ0n) is 11.1. The van der Waals surface area contributed by atoms with Gasteiger partial charge in [-0.1, -0.05) is 28.9 Å². The molecule has 0 heterocycles. The smallest absolute Gasteiger partial charge is 0.120 e. The largest absolute Gasteiger partial charge is 0.493 e. The third-order valence-corrected chi connectivity index (χ3v) is 3.40. The van der Waals surface area contributed by atoms with E-state index >= 15 is 0 Å². The molecule has 0 radical (unpaired) electrons. The van der Waals surface area contributed by atoms with Gasteiger partial charge >= 0.3 is 0 Å². The van der Waals surface area contributed by atoms with Crippen LogP contribution in [0.2, 0.25) is 0 Å². The summed E-state index contributed by atoms with van der Waals surface area (Å²) in [4.78, 5) is 0. The summed E-state index contributed by atoms with van der Waals surface area (Å²) in [6.07, 6.45) is 1.79. The van der Waals surface area contributed by atoms with E-state index in [0.717, 1.165) is 23.2 Å². The highest BCUT2D eigenvalue weighted by atomic mass is 79.9. The van der Waals surface area contributed by atoms with Crippen molar-refractivity contribution in [3.8, 4) is 5.75 Å². The predicted octanol–water partition coefficient (Wildman–Crippen LogP) is 3.27. The van der Waals surface area contributed by atoms with Crippen LogP contribution in [0.1, 0.15) is 38.3 Å². The molecule has 4 heteroatoms. The first-order valence-corrected chi connectivity index (χ1v) is 7.24. The third-order valence-electron chi connectivity index (χ3n) is 2.71. The normalized spacial score (nSPS) is 12.4. The van der Waals surface area contributed by atoms with Crippen molar-refractivity contribution >= 4 is 15.9 Å². The van der Waals surface area contributed by atoms with Crippen LogP contribution in [0.5, 0.6) is 5.75 Å². The molecule has 0 aromatic heterocycles. The van der Waals surface area contributed by atoms with Crippen LogP contribution in [-0.4, -0.2) is 24.9 Å². The average Bonchev–Trinajstić information content (AvgIpc) is 2.36. The van der Waals surface area contributed by atoms with E-state index in [1.165, 1.54) is 5.56 Å². The van der Waals surface area contributed by atoms with Crippen molar-refractivity contribution < 1.29 is 9.84 Å². The molecular formula is C14H22BrNO2. The molecule has 0 fully saturated rings. The summed E-state index contributed by atoms with van der Waals surface area (Å²) in [7, 11) is 0. The van der Waals surface area contributed by atoms with Crippen molar-refractivity contribution in [2.24, 2.45) is 0 Å². The third kappa shape index (κ3) is 4.96. The maximum atomic E-state index is 8.70. The second-order valence-corrected chi connectivity index (χ2v) is 5.14. The molecule has 18 heavy (non-hydrogen) atoms. The van der Waals surface area contributed by atoms with Gasteiger partial charge in [0.15, 0.2) is 0 Å². The van der Waals surface area contributed by atoms with E-state index in [2.05, 4.69) is 41.2 Å². The van der Waals surface area contributed by atoms with Gasteiger partial charge in [0.1, 0.15) is 5.75 Å². The molecule has 102 valence electrons. The van der Waals surface area contributed by atoms with Gasteiger partial charge in [-0.2, -0.15) is 0 Å². The lowest BCUT2D eigenvalue weighted by Gasteiger charge is -2.16. The molecule has 0 amide bonds. The van der Waals surface area contributed by atoms with E-state index in [1.54, 1.807) is 0 Å². The Morgan fingerprint density at radius 2 is 2.22 bits per heavy atom. The molecule has 3 nitrogen and oxygen atoms in total. The first-order chi connectivity index (χ1) is 8.69. The molecule has 1 aromatic carbocycles. The Morgan fingerprint density at radius 3 is 2.83 bits per heavy atom. The molecule has 0 aliphatic rings. The fourth-order valence-corrected chi connectivity index (χ4v) is 2.38. The molecule has 0 aliphatic carbocycles. The van der Waals surface area contributed by atoms with Crippen LogP contribution in [0.25, 0.3) is 0 Å². The number of rotatable bonds is 8. The highest BCUT2D eigenvalue weighted by molar-refractivity contribution is 9.10. The Hall–Kier alpha value is -0.580. The summed E-state index contributed by atoms with van der Waals surface area (Å²) in [5, 5.41) is 12.2. The van der Waals surface area contributed by atoms with Gasteiger partial charge in [-0.15, -0.1) is 0 Å². The zero-order chi connectivity index (χ0) is 13.4. The van der Waals surface area contributed by atoms with Gasteiger partial charge in [0, 0.05) is 23.5 Å². The summed E-state index contributed by atoms with van der Waals surface area (Å²) in [6.45, 7) is 6.04. The van der Waals surface area contributed by atoms with E-state index in [0.29, 0.717) is 19.1 Å². The fourth-order valence-electron chi connectivity index (χ4n) is 1.67. The lowest BCUT2D eigenvalue weighted by Crippen LogP contribution is -2.19. The van der Waals surface area contributed by atoms with Gasteiger partial charge in [0.2, 0.25) is 0 Å². The van der Waals surface area contributed by atoms with Crippen molar-refractivity contribution in [1.82, 2.24) is 5.32 Å². The van der Waals surface area contributed by atoms with E-state index in [9.17, 15) is 0 Å². The molecule has 1 rings (SSSR count). The molecule has 1 unspecified atom stereocenters. The average molecular weight is 316 g/mol. The van der Waals surface area contributed by atoms with Crippen LogP contribution < -0.4 is 10.1 Å². The summed E-state index contributed by atoms with van der Waals surface area (Å²) in [5.41, 5.74) is 1.23. The predicted molar refractivity (Wildman–Crippen MR) is 78.0 cm³/mol. The van der Waals surface area contributed by atoms with Gasteiger partial charge in [-0.25, -0.2) is 0 Å². The molecule has 0 bridgehead atoms.